The minimum atomic E-state index is 0.280. The van der Waals surface area contributed by atoms with Gasteiger partial charge in [0.05, 0.1) is 13.2 Å². The molecule has 0 spiro atoms. The monoisotopic (exact) mass is 154 g/mol. The van der Waals surface area contributed by atoms with Crippen LogP contribution in [0.25, 0.3) is 0 Å². The summed E-state index contributed by atoms with van der Waals surface area (Å²) in [5.74, 6) is 1.11. The van der Waals surface area contributed by atoms with Gasteiger partial charge in [0.25, 0.3) is 0 Å². The van der Waals surface area contributed by atoms with Crippen molar-refractivity contribution in [1.29, 1.82) is 0 Å². The molecule has 0 unspecified atom stereocenters. The molecule has 2 fully saturated rings. The quantitative estimate of drug-likeness (QED) is 0.584. The number of nitrogens with zero attached hydrogens (tertiary/aromatic N) is 1. The fourth-order valence-electron chi connectivity index (χ4n) is 1.92. The maximum atomic E-state index is 11.2. The molecular weight excluding hydrogens is 140 g/mol. The van der Waals surface area contributed by atoms with Crippen LogP contribution in [0.15, 0.2) is 0 Å². The molecule has 0 aromatic rings. The van der Waals surface area contributed by atoms with Gasteiger partial charge in [0.2, 0.25) is 5.91 Å². The summed E-state index contributed by atoms with van der Waals surface area (Å²) in [7, 11) is 0. The first kappa shape index (κ1) is 7.10. The second-order valence-electron chi connectivity index (χ2n) is 3.68. The lowest BCUT2D eigenvalue weighted by molar-refractivity contribution is -0.130. The zero-order chi connectivity index (χ0) is 7.84. The average Bonchev–Trinajstić information content (AvgIpc) is 2.29. The highest BCUT2D eigenvalue weighted by Gasteiger charge is 2.35. The molecule has 2 aliphatic rings. The van der Waals surface area contributed by atoms with E-state index >= 15 is 0 Å². The molecule has 1 aliphatic heterocycles. The second kappa shape index (κ2) is 2.48. The summed E-state index contributed by atoms with van der Waals surface area (Å²) < 4.78 is 0. The van der Waals surface area contributed by atoms with Crippen molar-refractivity contribution in [2.45, 2.75) is 25.8 Å². The lowest BCUT2D eigenvalue weighted by atomic mass is 9.81. The Labute approximate surface area is 66.8 Å². The molecule has 0 atom stereocenters. The summed E-state index contributed by atoms with van der Waals surface area (Å²) in [6.07, 6.45) is 2.40. The van der Waals surface area contributed by atoms with E-state index in [1.165, 1.54) is 12.8 Å². The van der Waals surface area contributed by atoms with Crippen LogP contribution in [0.3, 0.4) is 0 Å². The van der Waals surface area contributed by atoms with Crippen LogP contribution < -0.4 is 5.32 Å². The number of carbonyl (C=O) groups is 1. The van der Waals surface area contributed by atoms with Gasteiger partial charge in [-0.25, -0.2) is 0 Å². The standard InChI is InChI=1S/C8H14N2O/c1-6-2-7(3-6)10-5-9-4-8(10)11/h6-7,9H,2-5H2,1H3. The molecule has 1 amide bonds. The molecule has 0 aromatic heterocycles. The van der Waals surface area contributed by atoms with Crippen molar-refractivity contribution >= 4 is 5.91 Å². The van der Waals surface area contributed by atoms with E-state index in [0.717, 1.165) is 12.6 Å². The van der Waals surface area contributed by atoms with Crippen molar-refractivity contribution < 1.29 is 4.79 Å². The Morgan fingerprint density at radius 1 is 1.55 bits per heavy atom. The van der Waals surface area contributed by atoms with Crippen LogP contribution in [0, 0.1) is 5.92 Å². The smallest absolute Gasteiger partial charge is 0.237 e. The Hall–Kier alpha value is -0.570. The van der Waals surface area contributed by atoms with Gasteiger partial charge in [0.15, 0.2) is 0 Å². The molecule has 1 saturated heterocycles. The maximum absolute atomic E-state index is 11.2. The van der Waals surface area contributed by atoms with Crippen molar-refractivity contribution in [3.63, 3.8) is 0 Å². The van der Waals surface area contributed by atoms with Gasteiger partial charge in [-0.1, -0.05) is 6.92 Å². The lowest BCUT2D eigenvalue weighted by Gasteiger charge is -2.39. The van der Waals surface area contributed by atoms with E-state index in [1.54, 1.807) is 0 Å². The zero-order valence-corrected chi connectivity index (χ0v) is 6.84. The van der Waals surface area contributed by atoms with Crippen LogP contribution in [-0.4, -0.2) is 30.1 Å². The molecule has 3 nitrogen and oxygen atoms in total. The molecule has 0 aromatic carbocycles. The molecule has 3 heteroatoms. The largest absolute Gasteiger partial charge is 0.326 e. The molecule has 0 bridgehead atoms. The predicted octanol–water partition coefficient (Wildman–Crippen LogP) is 0.174. The third-order valence-electron chi connectivity index (χ3n) is 2.67. The minimum Gasteiger partial charge on any atom is -0.326 e. The number of rotatable bonds is 1. The lowest BCUT2D eigenvalue weighted by Crippen LogP contribution is -2.45. The fourth-order valence-corrected chi connectivity index (χ4v) is 1.92. The molecule has 1 N–H and O–H groups in total. The average molecular weight is 154 g/mol. The summed E-state index contributed by atoms with van der Waals surface area (Å²) in [6, 6.07) is 0.549. The van der Waals surface area contributed by atoms with E-state index in [4.69, 9.17) is 0 Å². The van der Waals surface area contributed by atoms with Crippen LogP contribution in [0.5, 0.6) is 0 Å². The third-order valence-corrected chi connectivity index (χ3v) is 2.67. The summed E-state index contributed by atoms with van der Waals surface area (Å²) in [5, 5.41) is 3.06. The summed E-state index contributed by atoms with van der Waals surface area (Å²) in [4.78, 5) is 13.2. The van der Waals surface area contributed by atoms with Crippen molar-refractivity contribution in [3.8, 4) is 0 Å². The number of nitrogens with one attached hydrogen (secondary N) is 1. The zero-order valence-electron chi connectivity index (χ0n) is 6.84. The molecule has 0 radical (unpaired) electrons. The highest BCUT2D eigenvalue weighted by Crippen LogP contribution is 2.31. The van der Waals surface area contributed by atoms with E-state index in [-0.39, 0.29) is 5.91 Å². The van der Waals surface area contributed by atoms with E-state index in [2.05, 4.69) is 12.2 Å². The minimum absolute atomic E-state index is 0.280. The number of hydrogen-bond acceptors (Lipinski definition) is 2. The van der Waals surface area contributed by atoms with Crippen molar-refractivity contribution in [3.05, 3.63) is 0 Å². The molecule has 62 valence electrons. The van der Waals surface area contributed by atoms with Gasteiger partial charge < -0.3 is 4.90 Å². The highest BCUT2D eigenvalue weighted by atomic mass is 16.2. The summed E-state index contributed by atoms with van der Waals surface area (Å²) in [5.41, 5.74) is 0. The Morgan fingerprint density at radius 2 is 2.27 bits per heavy atom. The van der Waals surface area contributed by atoms with E-state index < -0.39 is 0 Å². The van der Waals surface area contributed by atoms with Gasteiger partial charge in [0.1, 0.15) is 0 Å². The van der Waals surface area contributed by atoms with Gasteiger partial charge in [0, 0.05) is 6.04 Å². The number of carbonyl (C=O) groups excluding carboxylic acids is 1. The molecule has 11 heavy (non-hydrogen) atoms. The second-order valence-corrected chi connectivity index (χ2v) is 3.68. The van der Waals surface area contributed by atoms with Crippen molar-refractivity contribution in [1.82, 2.24) is 10.2 Å². The summed E-state index contributed by atoms with van der Waals surface area (Å²) >= 11 is 0. The summed E-state index contributed by atoms with van der Waals surface area (Å²) in [6.45, 7) is 3.56. The number of hydrogen-bond donors (Lipinski definition) is 1. The van der Waals surface area contributed by atoms with Gasteiger partial charge >= 0.3 is 0 Å². The van der Waals surface area contributed by atoms with Crippen LogP contribution >= 0.6 is 0 Å². The first-order valence-electron chi connectivity index (χ1n) is 4.27. The highest BCUT2D eigenvalue weighted by molar-refractivity contribution is 5.80. The van der Waals surface area contributed by atoms with E-state index in [9.17, 15) is 4.79 Å². The Kier molecular flexibility index (Phi) is 1.60. The van der Waals surface area contributed by atoms with Crippen LogP contribution in [0.2, 0.25) is 0 Å². The SMILES string of the molecule is CC1CC(N2CNCC2=O)C1. The van der Waals surface area contributed by atoms with Crippen LogP contribution in [0.4, 0.5) is 0 Å². The molecule has 1 aliphatic carbocycles. The number of amides is 1. The third kappa shape index (κ3) is 1.13. The van der Waals surface area contributed by atoms with Crippen molar-refractivity contribution in [2.24, 2.45) is 5.92 Å². The van der Waals surface area contributed by atoms with Gasteiger partial charge in [-0.05, 0) is 18.8 Å². The normalized spacial score (nSPS) is 37.5. The molecule has 1 heterocycles. The molecular formula is C8H14N2O. The molecule has 2 rings (SSSR count). The topological polar surface area (TPSA) is 32.3 Å². The van der Waals surface area contributed by atoms with Gasteiger partial charge in [-0.3, -0.25) is 10.1 Å². The van der Waals surface area contributed by atoms with Gasteiger partial charge in [-0.15, -0.1) is 0 Å². The molecule has 1 saturated carbocycles. The van der Waals surface area contributed by atoms with E-state index in [1.807, 2.05) is 4.90 Å². The van der Waals surface area contributed by atoms with Crippen LogP contribution in [-0.2, 0) is 4.79 Å². The first-order valence-corrected chi connectivity index (χ1v) is 4.27. The fraction of sp³-hybridized carbons (Fsp3) is 0.875. The maximum Gasteiger partial charge on any atom is 0.237 e. The van der Waals surface area contributed by atoms with Gasteiger partial charge in [-0.2, -0.15) is 0 Å². The predicted molar refractivity (Wildman–Crippen MR) is 41.9 cm³/mol. The van der Waals surface area contributed by atoms with Crippen LogP contribution in [0.1, 0.15) is 19.8 Å². The Balaban J connectivity index is 1.90. The van der Waals surface area contributed by atoms with Crippen molar-refractivity contribution in [2.75, 3.05) is 13.2 Å². The Bertz CT molecular complexity index is 175. The Morgan fingerprint density at radius 3 is 2.73 bits per heavy atom. The van der Waals surface area contributed by atoms with E-state index in [0.29, 0.717) is 12.6 Å². The first-order chi connectivity index (χ1) is 5.27.